The first-order valence-electron chi connectivity index (χ1n) is 6.82. The van der Waals surface area contributed by atoms with Gasteiger partial charge in [-0.25, -0.2) is 0 Å². The maximum atomic E-state index is 6.07. The van der Waals surface area contributed by atoms with E-state index in [1.54, 1.807) is 7.11 Å². The fourth-order valence-electron chi connectivity index (χ4n) is 2.56. The van der Waals surface area contributed by atoms with E-state index < -0.39 is 5.79 Å². The van der Waals surface area contributed by atoms with Gasteiger partial charge in [-0.1, -0.05) is 18.2 Å². The zero-order valence-electron chi connectivity index (χ0n) is 11.6. The molecule has 104 valence electrons. The Labute approximate surface area is 123 Å². The lowest BCUT2D eigenvalue weighted by atomic mass is 10.0. The van der Waals surface area contributed by atoms with Crippen LogP contribution in [0.3, 0.4) is 0 Å². The molecule has 0 aromatic heterocycles. The number of hydrogen-bond acceptors (Lipinski definition) is 3. The van der Waals surface area contributed by atoms with Crippen LogP contribution in [0, 0.1) is 0 Å². The van der Waals surface area contributed by atoms with Crippen LogP contribution in [0.5, 0.6) is 17.2 Å². The average molecular weight is 278 g/mol. The van der Waals surface area contributed by atoms with Crippen LogP contribution >= 0.6 is 0 Å². The van der Waals surface area contributed by atoms with Gasteiger partial charge in [0.15, 0.2) is 0 Å². The van der Waals surface area contributed by atoms with Gasteiger partial charge in [0.05, 0.1) is 7.11 Å². The Bertz CT molecular complexity index is 761. The molecule has 3 heteroatoms. The van der Waals surface area contributed by atoms with Crippen LogP contribution in [0.2, 0.25) is 0 Å². The molecule has 2 aliphatic rings. The maximum Gasteiger partial charge on any atom is 0.291 e. The fourth-order valence-corrected chi connectivity index (χ4v) is 2.56. The number of para-hydroxylation sites is 1. The van der Waals surface area contributed by atoms with E-state index in [0.29, 0.717) is 0 Å². The second-order valence-electron chi connectivity index (χ2n) is 5.03. The molecule has 1 spiro atoms. The number of benzene rings is 2. The Morgan fingerprint density at radius 3 is 2.38 bits per heavy atom. The highest BCUT2D eigenvalue weighted by Gasteiger charge is 2.35. The summed E-state index contributed by atoms with van der Waals surface area (Å²) in [5.74, 6) is 1.54. The molecule has 1 unspecified atom stereocenters. The zero-order chi connectivity index (χ0) is 14.3. The molecule has 0 N–H and O–H groups in total. The van der Waals surface area contributed by atoms with E-state index in [1.165, 1.54) is 0 Å². The third kappa shape index (κ3) is 1.98. The molecule has 2 aromatic rings. The maximum absolute atomic E-state index is 6.07. The highest BCUT2D eigenvalue weighted by Crippen LogP contribution is 2.39. The molecule has 21 heavy (non-hydrogen) atoms. The van der Waals surface area contributed by atoms with Crippen LogP contribution in [0.25, 0.3) is 12.2 Å². The number of hydrogen-bond donors (Lipinski definition) is 0. The summed E-state index contributed by atoms with van der Waals surface area (Å²) in [5.41, 5.74) is 2.04. The van der Waals surface area contributed by atoms with E-state index >= 15 is 0 Å². The quantitative estimate of drug-likeness (QED) is 0.791. The van der Waals surface area contributed by atoms with Gasteiger partial charge >= 0.3 is 0 Å². The molecule has 0 amide bonds. The number of ether oxygens (including phenoxy) is 3. The first-order chi connectivity index (χ1) is 10.3. The van der Waals surface area contributed by atoms with Crippen LogP contribution in [0.4, 0.5) is 0 Å². The number of rotatable bonds is 1. The molecule has 0 aliphatic carbocycles. The van der Waals surface area contributed by atoms with Crippen molar-refractivity contribution in [2.75, 3.05) is 7.11 Å². The largest absolute Gasteiger partial charge is 0.497 e. The van der Waals surface area contributed by atoms with E-state index in [-0.39, 0.29) is 0 Å². The van der Waals surface area contributed by atoms with Gasteiger partial charge in [-0.3, -0.25) is 0 Å². The van der Waals surface area contributed by atoms with Crippen molar-refractivity contribution in [3.8, 4) is 17.2 Å². The molecule has 0 saturated carbocycles. The summed E-state index contributed by atoms with van der Waals surface area (Å²) in [6.45, 7) is 0. The van der Waals surface area contributed by atoms with Crippen molar-refractivity contribution in [2.24, 2.45) is 0 Å². The highest BCUT2D eigenvalue weighted by molar-refractivity contribution is 5.67. The van der Waals surface area contributed by atoms with E-state index in [9.17, 15) is 0 Å². The number of methoxy groups -OCH3 is 1. The van der Waals surface area contributed by atoms with E-state index in [0.717, 1.165) is 28.4 Å². The molecule has 4 rings (SSSR count). The monoisotopic (exact) mass is 278 g/mol. The van der Waals surface area contributed by atoms with Crippen molar-refractivity contribution < 1.29 is 14.2 Å². The second kappa shape index (κ2) is 4.42. The smallest absolute Gasteiger partial charge is 0.291 e. The summed E-state index contributed by atoms with van der Waals surface area (Å²) < 4.78 is 17.3. The lowest BCUT2D eigenvalue weighted by Gasteiger charge is -2.35. The van der Waals surface area contributed by atoms with E-state index in [1.807, 2.05) is 66.8 Å². The van der Waals surface area contributed by atoms with Crippen molar-refractivity contribution in [3.63, 3.8) is 0 Å². The molecular formula is C18H14O3. The summed E-state index contributed by atoms with van der Waals surface area (Å²) in [7, 11) is 1.65. The van der Waals surface area contributed by atoms with Gasteiger partial charge < -0.3 is 14.2 Å². The van der Waals surface area contributed by atoms with E-state index in [2.05, 4.69) is 0 Å². The topological polar surface area (TPSA) is 27.7 Å². The van der Waals surface area contributed by atoms with Crippen molar-refractivity contribution in [2.45, 2.75) is 5.79 Å². The Hall–Kier alpha value is -2.68. The van der Waals surface area contributed by atoms with Crippen LogP contribution in [-0.4, -0.2) is 12.9 Å². The van der Waals surface area contributed by atoms with Gasteiger partial charge in [0, 0.05) is 23.3 Å². The lowest BCUT2D eigenvalue weighted by Crippen LogP contribution is -2.41. The minimum absolute atomic E-state index is 0.780. The van der Waals surface area contributed by atoms with Gasteiger partial charge in [-0.2, -0.15) is 0 Å². The van der Waals surface area contributed by atoms with Gasteiger partial charge in [-0.15, -0.1) is 0 Å². The fraction of sp³-hybridized carbons (Fsp3) is 0.111. The third-order valence-corrected chi connectivity index (χ3v) is 3.67. The third-order valence-electron chi connectivity index (χ3n) is 3.67. The van der Waals surface area contributed by atoms with Gasteiger partial charge in [0.1, 0.15) is 17.2 Å². The van der Waals surface area contributed by atoms with Crippen molar-refractivity contribution in [3.05, 3.63) is 65.7 Å². The van der Waals surface area contributed by atoms with Crippen molar-refractivity contribution in [1.82, 2.24) is 0 Å². The lowest BCUT2D eigenvalue weighted by molar-refractivity contribution is -0.0307. The second-order valence-corrected chi connectivity index (χ2v) is 5.03. The molecule has 0 saturated heterocycles. The van der Waals surface area contributed by atoms with Crippen LogP contribution in [-0.2, 0) is 0 Å². The molecule has 1 atom stereocenters. The van der Waals surface area contributed by atoms with E-state index in [4.69, 9.17) is 14.2 Å². The molecule has 2 aliphatic heterocycles. The molecule has 0 fully saturated rings. The Kier molecular flexibility index (Phi) is 2.54. The zero-order valence-corrected chi connectivity index (χ0v) is 11.6. The summed E-state index contributed by atoms with van der Waals surface area (Å²) >= 11 is 0. The standard InChI is InChI=1S/C18H14O3/c1-19-15-6-7-17-14(12-15)9-11-18(21-17)10-8-13-4-2-3-5-16(13)20-18/h2-12H,1H3. The molecule has 2 aromatic carbocycles. The summed E-state index contributed by atoms with van der Waals surface area (Å²) in [4.78, 5) is 0. The highest BCUT2D eigenvalue weighted by atomic mass is 16.7. The Balaban J connectivity index is 1.71. The van der Waals surface area contributed by atoms with Crippen LogP contribution in [0.15, 0.2) is 54.6 Å². The molecule has 2 heterocycles. The molecule has 0 radical (unpaired) electrons. The van der Waals surface area contributed by atoms with Crippen LogP contribution < -0.4 is 14.2 Å². The average Bonchev–Trinajstić information content (AvgIpc) is 2.54. The van der Waals surface area contributed by atoms with Crippen molar-refractivity contribution >= 4 is 12.2 Å². The van der Waals surface area contributed by atoms with Gasteiger partial charge in [0.2, 0.25) is 0 Å². The summed E-state index contributed by atoms with van der Waals surface area (Å²) in [6, 6.07) is 13.6. The normalized spacial score (nSPS) is 21.2. The molecule has 3 nitrogen and oxygen atoms in total. The summed E-state index contributed by atoms with van der Waals surface area (Å²) in [5, 5.41) is 0. The molecular weight excluding hydrogens is 264 g/mol. The molecule has 0 bridgehead atoms. The SMILES string of the molecule is COc1ccc2c(c1)C=CC1(C=Cc3ccccc3O1)O2. The predicted molar refractivity (Wildman–Crippen MR) is 81.5 cm³/mol. The van der Waals surface area contributed by atoms with Gasteiger partial charge in [-0.05, 0) is 36.4 Å². The summed E-state index contributed by atoms with van der Waals surface area (Å²) in [6.07, 6.45) is 7.87. The number of fused-ring (bicyclic) bond motifs is 2. The minimum Gasteiger partial charge on any atom is -0.497 e. The minimum atomic E-state index is -0.865. The van der Waals surface area contributed by atoms with Gasteiger partial charge in [0.25, 0.3) is 5.79 Å². The first kappa shape index (κ1) is 12.1. The Morgan fingerprint density at radius 1 is 0.857 bits per heavy atom. The van der Waals surface area contributed by atoms with Crippen molar-refractivity contribution in [1.29, 1.82) is 0 Å². The Morgan fingerprint density at radius 2 is 1.57 bits per heavy atom. The predicted octanol–water partition coefficient (Wildman–Crippen LogP) is 3.90. The first-order valence-corrected chi connectivity index (χ1v) is 6.82. The van der Waals surface area contributed by atoms with Crippen LogP contribution in [0.1, 0.15) is 11.1 Å².